The number of hydrogen-bond acceptors (Lipinski definition) is 4. The van der Waals surface area contributed by atoms with Crippen LogP contribution in [-0.2, 0) is 4.79 Å². The Kier molecular flexibility index (Phi) is 7.53. The lowest BCUT2D eigenvalue weighted by atomic mass is 9.62. The molecule has 5 nitrogen and oxygen atoms in total. The van der Waals surface area contributed by atoms with Gasteiger partial charge in [-0.15, -0.1) is 0 Å². The van der Waals surface area contributed by atoms with Gasteiger partial charge in [0, 0.05) is 0 Å². The summed E-state index contributed by atoms with van der Waals surface area (Å²) >= 11 is 0. The normalized spacial score (nSPS) is 35.7. The summed E-state index contributed by atoms with van der Waals surface area (Å²) in [6.45, 7) is 9.70. The molecule has 6 atom stereocenters. The number of aliphatic hydroxyl groups is 3. The maximum Gasteiger partial charge on any atom is 0.312 e. The zero-order valence-corrected chi connectivity index (χ0v) is 19.8. The molecule has 3 aliphatic carbocycles. The molecule has 0 aromatic carbocycles. The molecular formula is C27H40O5. The topological polar surface area (TPSA) is 98.0 Å². The Labute approximate surface area is 192 Å². The third kappa shape index (κ3) is 5.11. The van der Waals surface area contributed by atoms with Crippen LogP contribution in [0.3, 0.4) is 0 Å². The largest absolute Gasteiger partial charge is 0.481 e. The minimum atomic E-state index is -1.24. The van der Waals surface area contributed by atoms with Gasteiger partial charge >= 0.3 is 5.97 Å². The third-order valence-electron chi connectivity index (χ3n) is 8.27. The van der Waals surface area contributed by atoms with Crippen molar-refractivity contribution in [1.82, 2.24) is 0 Å². The van der Waals surface area contributed by atoms with Crippen LogP contribution in [0.25, 0.3) is 0 Å². The van der Waals surface area contributed by atoms with Crippen molar-refractivity contribution in [3.63, 3.8) is 0 Å². The van der Waals surface area contributed by atoms with Crippen molar-refractivity contribution in [3.8, 4) is 0 Å². The number of hydrogen-bond donors (Lipinski definition) is 4. The Hall–Kier alpha value is -1.69. The molecule has 0 unspecified atom stereocenters. The molecular weight excluding hydrogens is 404 g/mol. The van der Waals surface area contributed by atoms with Crippen LogP contribution < -0.4 is 0 Å². The zero-order valence-electron chi connectivity index (χ0n) is 19.8. The molecule has 178 valence electrons. The fraction of sp³-hybridized carbons (Fsp3) is 0.667. The molecule has 0 aromatic rings. The predicted molar refractivity (Wildman–Crippen MR) is 126 cm³/mol. The van der Waals surface area contributed by atoms with Gasteiger partial charge < -0.3 is 20.4 Å². The van der Waals surface area contributed by atoms with Gasteiger partial charge in [-0.05, 0) is 82.5 Å². The quantitative estimate of drug-likeness (QED) is 0.451. The van der Waals surface area contributed by atoms with Gasteiger partial charge in [0.2, 0.25) is 0 Å². The van der Waals surface area contributed by atoms with Gasteiger partial charge in [-0.3, -0.25) is 4.79 Å². The molecule has 3 fully saturated rings. The summed E-state index contributed by atoms with van der Waals surface area (Å²) in [7, 11) is 0. The lowest BCUT2D eigenvalue weighted by Crippen LogP contribution is -2.36. The first-order valence-electron chi connectivity index (χ1n) is 12.0. The molecule has 3 aliphatic rings. The molecule has 0 heterocycles. The highest BCUT2D eigenvalue weighted by Gasteiger charge is 2.49. The van der Waals surface area contributed by atoms with Gasteiger partial charge in [-0.2, -0.15) is 0 Å². The first-order valence-corrected chi connectivity index (χ1v) is 12.0. The van der Waals surface area contributed by atoms with E-state index in [2.05, 4.69) is 25.7 Å². The fourth-order valence-electron chi connectivity index (χ4n) is 6.08. The van der Waals surface area contributed by atoms with E-state index in [0.29, 0.717) is 31.1 Å². The summed E-state index contributed by atoms with van der Waals surface area (Å²) in [5.41, 5.74) is 2.39. The van der Waals surface area contributed by atoms with Crippen molar-refractivity contribution in [3.05, 3.63) is 47.6 Å². The summed E-state index contributed by atoms with van der Waals surface area (Å²) in [6.07, 6.45) is 13.0. The molecule has 0 spiro atoms. The van der Waals surface area contributed by atoms with Crippen molar-refractivity contribution in [2.45, 2.75) is 90.4 Å². The van der Waals surface area contributed by atoms with Gasteiger partial charge in [-0.1, -0.05) is 54.5 Å². The zero-order chi connectivity index (χ0) is 23.7. The molecule has 3 saturated carbocycles. The van der Waals surface area contributed by atoms with Crippen molar-refractivity contribution in [2.24, 2.45) is 22.7 Å². The fourth-order valence-corrected chi connectivity index (χ4v) is 6.08. The number of allylic oxidation sites excluding steroid dienone is 5. The van der Waals surface area contributed by atoms with E-state index in [1.54, 1.807) is 6.08 Å². The molecule has 32 heavy (non-hydrogen) atoms. The van der Waals surface area contributed by atoms with Crippen molar-refractivity contribution < 1.29 is 25.2 Å². The second-order valence-corrected chi connectivity index (χ2v) is 11.0. The van der Waals surface area contributed by atoms with Crippen LogP contribution in [0.4, 0.5) is 0 Å². The highest BCUT2D eigenvalue weighted by atomic mass is 16.4. The minimum absolute atomic E-state index is 0.100. The van der Waals surface area contributed by atoms with E-state index in [1.165, 1.54) is 19.4 Å². The van der Waals surface area contributed by atoms with Crippen LogP contribution in [-0.4, -0.2) is 44.7 Å². The summed E-state index contributed by atoms with van der Waals surface area (Å²) < 4.78 is 0. The van der Waals surface area contributed by atoms with Crippen LogP contribution >= 0.6 is 0 Å². The molecule has 0 amide bonds. The number of fused-ring (bicyclic) bond motifs is 1. The van der Waals surface area contributed by atoms with E-state index in [1.807, 2.05) is 6.08 Å². The van der Waals surface area contributed by atoms with E-state index in [-0.39, 0.29) is 5.41 Å². The van der Waals surface area contributed by atoms with Crippen LogP contribution in [0.1, 0.15) is 72.1 Å². The standard InChI is InChI=1S/C27H40O5/c1-17(7-12-24(30)26(2,3)25(31)32)22-10-11-23-19(6-5-13-27(22,23)4)9-8-18-14-20(28)16-21(29)15-18/h7-9,12,20-24,28-30H,1,5-6,10-11,13-16H2,2-4H3,(H,31,32)/t20-,21-,22-,23+,24-,27-/m1/s1. The summed E-state index contributed by atoms with van der Waals surface area (Å²) in [5, 5.41) is 39.6. The lowest BCUT2D eigenvalue weighted by Gasteiger charge is -2.42. The van der Waals surface area contributed by atoms with Crippen molar-refractivity contribution >= 4 is 5.97 Å². The maximum atomic E-state index is 11.4. The molecule has 0 radical (unpaired) electrons. The predicted octanol–water partition coefficient (Wildman–Crippen LogP) is 4.55. The third-order valence-corrected chi connectivity index (χ3v) is 8.27. The maximum absolute atomic E-state index is 11.4. The van der Waals surface area contributed by atoms with Crippen molar-refractivity contribution in [2.75, 3.05) is 0 Å². The van der Waals surface area contributed by atoms with Gasteiger partial charge in [0.25, 0.3) is 0 Å². The molecule has 0 bridgehead atoms. The highest BCUT2D eigenvalue weighted by molar-refractivity contribution is 5.74. The molecule has 4 N–H and O–H groups in total. The number of carboxylic acid groups (broad SMARTS) is 1. The number of rotatable bonds is 6. The smallest absolute Gasteiger partial charge is 0.312 e. The Balaban J connectivity index is 1.73. The number of aliphatic carboxylic acids is 1. The molecule has 5 heteroatoms. The van der Waals surface area contributed by atoms with Crippen LogP contribution in [0.15, 0.2) is 47.6 Å². The molecule has 0 aromatic heterocycles. The van der Waals surface area contributed by atoms with Crippen LogP contribution in [0.5, 0.6) is 0 Å². The summed E-state index contributed by atoms with van der Waals surface area (Å²) in [5.74, 6) is -0.247. The van der Waals surface area contributed by atoms with Gasteiger partial charge in [0.15, 0.2) is 0 Å². The van der Waals surface area contributed by atoms with Crippen molar-refractivity contribution in [1.29, 1.82) is 0 Å². The van der Waals surface area contributed by atoms with Gasteiger partial charge in [0.1, 0.15) is 0 Å². The van der Waals surface area contributed by atoms with Crippen LogP contribution in [0.2, 0.25) is 0 Å². The Morgan fingerprint density at radius 1 is 1.19 bits per heavy atom. The molecule has 0 aliphatic heterocycles. The van der Waals surface area contributed by atoms with E-state index in [4.69, 9.17) is 0 Å². The summed E-state index contributed by atoms with van der Waals surface area (Å²) in [6, 6.07) is 0. The SMILES string of the molecule is C=C(C=C[C@@H](O)C(C)(C)C(=O)O)[C@H]1CC[C@H]2C(=CC=C3C[C@@H](O)C[C@H](O)C3)CCC[C@]12C. The molecule has 3 rings (SSSR count). The number of aliphatic hydroxyl groups excluding tert-OH is 3. The number of carboxylic acids is 1. The Bertz CT molecular complexity index is 808. The van der Waals surface area contributed by atoms with Gasteiger partial charge in [-0.25, -0.2) is 0 Å². The average molecular weight is 445 g/mol. The molecule has 0 saturated heterocycles. The monoisotopic (exact) mass is 444 g/mol. The lowest BCUT2D eigenvalue weighted by molar-refractivity contribution is -0.151. The Morgan fingerprint density at radius 3 is 2.47 bits per heavy atom. The summed E-state index contributed by atoms with van der Waals surface area (Å²) in [4.78, 5) is 11.4. The van der Waals surface area contributed by atoms with Gasteiger partial charge in [0.05, 0.1) is 23.7 Å². The average Bonchev–Trinajstić information content (AvgIpc) is 3.06. The van der Waals surface area contributed by atoms with E-state index in [9.17, 15) is 25.2 Å². The van der Waals surface area contributed by atoms with E-state index >= 15 is 0 Å². The first kappa shape index (κ1) is 24.9. The second-order valence-electron chi connectivity index (χ2n) is 11.0. The Morgan fingerprint density at radius 2 is 1.84 bits per heavy atom. The van der Waals surface area contributed by atoms with E-state index in [0.717, 1.165) is 43.3 Å². The minimum Gasteiger partial charge on any atom is -0.481 e. The first-order chi connectivity index (χ1) is 14.9. The second kappa shape index (κ2) is 9.66. The van der Waals surface area contributed by atoms with Crippen LogP contribution in [0, 0.1) is 22.7 Å². The number of carbonyl (C=O) groups is 1. The highest BCUT2D eigenvalue weighted by Crippen LogP contribution is 2.59. The van der Waals surface area contributed by atoms with E-state index < -0.39 is 29.7 Å².